The number of nitrogens with one attached hydrogen (secondary N) is 1. The molecule has 0 aliphatic rings. The van der Waals surface area contributed by atoms with Gasteiger partial charge in [0.25, 0.3) is 5.91 Å². The van der Waals surface area contributed by atoms with Gasteiger partial charge in [-0.15, -0.1) is 0 Å². The molecule has 0 saturated carbocycles. The number of hydrogen-bond acceptors (Lipinski definition) is 5. The average Bonchev–Trinajstić information content (AvgIpc) is 3.26. The van der Waals surface area contributed by atoms with E-state index in [9.17, 15) is 4.79 Å². The van der Waals surface area contributed by atoms with Gasteiger partial charge in [-0.2, -0.15) is 0 Å². The van der Waals surface area contributed by atoms with E-state index in [4.69, 9.17) is 4.42 Å². The molecular formula is C25H32N4O2. The van der Waals surface area contributed by atoms with E-state index >= 15 is 0 Å². The second-order valence-corrected chi connectivity index (χ2v) is 8.23. The highest BCUT2D eigenvalue weighted by molar-refractivity contribution is 5.91. The largest absolute Gasteiger partial charge is 0.447 e. The summed E-state index contributed by atoms with van der Waals surface area (Å²) in [7, 11) is 0. The Hall–Kier alpha value is -2.99. The zero-order valence-electron chi connectivity index (χ0n) is 18.8. The maximum absolute atomic E-state index is 12.4. The Balaban J connectivity index is 1.62. The fourth-order valence-electron chi connectivity index (χ4n) is 3.31. The minimum absolute atomic E-state index is 0.252. The number of nitrogens with zero attached hydrogens (tertiary/aromatic N) is 3. The molecule has 6 heteroatoms. The Morgan fingerprint density at radius 3 is 2.52 bits per heavy atom. The summed E-state index contributed by atoms with van der Waals surface area (Å²) in [6.45, 7) is 10.5. The fraction of sp³-hybridized carbons (Fsp3) is 0.400. The van der Waals surface area contributed by atoms with Crippen molar-refractivity contribution in [3.05, 3.63) is 83.3 Å². The normalized spacial score (nSPS) is 12.3. The molecule has 31 heavy (non-hydrogen) atoms. The van der Waals surface area contributed by atoms with Crippen LogP contribution in [0.15, 0.2) is 59.5 Å². The van der Waals surface area contributed by atoms with Gasteiger partial charge in [0.05, 0.1) is 6.54 Å². The third kappa shape index (κ3) is 6.49. The quantitative estimate of drug-likeness (QED) is 0.504. The van der Waals surface area contributed by atoms with Crippen LogP contribution in [0.3, 0.4) is 0 Å². The lowest BCUT2D eigenvalue weighted by atomic mass is 10.0. The summed E-state index contributed by atoms with van der Waals surface area (Å²) >= 11 is 0. The summed E-state index contributed by atoms with van der Waals surface area (Å²) in [5.41, 5.74) is 3.83. The summed E-state index contributed by atoms with van der Waals surface area (Å²) in [5, 5.41) is 2.85. The highest BCUT2D eigenvalue weighted by atomic mass is 16.3. The molecule has 3 rings (SSSR count). The van der Waals surface area contributed by atoms with Crippen molar-refractivity contribution < 1.29 is 9.21 Å². The highest BCUT2D eigenvalue weighted by Gasteiger charge is 2.18. The van der Waals surface area contributed by atoms with Crippen molar-refractivity contribution in [2.45, 2.75) is 65.7 Å². The Kier molecular flexibility index (Phi) is 7.95. The minimum atomic E-state index is -0.252. The van der Waals surface area contributed by atoms with Gasteiger partial charge in [0.2, 0.25) is 5.89 Å². The van der Waals surface area contributed by atoms with Crippen LogP contribution in [0.1, 0.15) is 73.1 Å². The second kappa shape index (κ2) is 10.9. The standard InChI is InChI=1S/C25H32N4O2/c1-5-19(4)29(15-20-8-10-22(11-9-20)18(2)3)16-24-28-23(17-31-24)25(30)27-14-21-7-6-12-26-13-21/h6-13,17-19H,5,14-16H2,1-4H3,(H,27,30)/t19-/m1/s1. The van der Waals surface area contributed by atoms with Gasteiger partial charge in [-0.05, 0) is 42.0 Å². The summed E-state index contributed by atoms with van der Waals surface area (Å²) in [4.78, 5) is 23.2. The molecule has 0 fully saturated rings. The van der Waals surface area contributed by atoms with Crippen LogP contribution in [0.5, 0.6) is 0 Å². The minimum Gasteiger partial charge on any atom is -0.447 e. The van der Waals surface area contributed by atoms with Gasteiger partial charge in [0.1, 0.15) is 6.26 Å². The molecule has 2 heterocycles. The van der Waals surface area contributed by atoms with E-state index in [-0.39, 0.29) is 5.91 Å². The van der Waals surface area contributed by atoms with E-state index in [1.54, 1.807) is 12.4 Å². The van der Waals surface area contributed by atoms with Gasteiger partial charge in [-0.3, -0.25) is 14.7 Å². The molecule has 0 unspecified atom stereocenters. The third-order valence-corrected chi connectivity index (χ3v) is 5.54. The van der Waals surface area contributed by atoms with Gasteiger partial charge < -0.3 is 9.73 Å². The number of carbonyl (C=O) groups excluding carboxylic acids is 1. The van der Waals surface area contributed by atoms with Crippen LogP contribution in [0.2, 0.25) is 0 Å². The van der Waals surface area contributed by atoms with Gasteiger partial charge in [-0.25, -0.2) is 4.98 Å². The maximum Gasteiger partial charge on any atom is 0.273 e. The maximum atomic E-state index is 12.4. The number of oxazole rings is 1. The summed E-state index contributed by atoms with van der Waals surface area (Å²) < 4.78 is 5.63. The molecule has 0 bridgehead atoms. The van der Waals surface area contributed by atoms with Crippen molar-refractivity contribution in [3.63, 3.8) is 0 Å². The number of benzene rings is 1. The Bertz CT molecular complexity index is 951. The van der Waals surface area contributed by atoms with E-state index < -0.39 is 0 Å². The van der Waals surface area contributed by atoms with Gasteiger partial charge in [0.15, 0.2) is 5.69 Å². The second-order valence-electron chi connectivity index (χ2n) is 8.23. The smallest absolute Gasteiger partial charge is 0.273 e. The molecule has 1 aromatic carbocycles. The number of hydrogen-bond donors (Lipinski definition) is 1. The molecule has 0 saturated heterocycles. The van der Waals surface area contributed by atoms with Crippen LogP contribution in [-0.2, 0) is 19.6 Å². The molecule has 0 spiro atoms. The van der Waals surface area contributed by atoms with Gasteiger partial charge in [-0.1, -0.05) is 51.1 Å². The van der Waals surface area contributed by atoms with Crippen LogP contribution in [0.4, 0.5) is 0 Å². The summed E-state index contributed by atoms with van der Waals surface area (Å²) in [5.74, 6) is 0.818. The highest BCUT2D eigenvalue weighted by Crippen LogP contribution is 2.18. The predicted octanol–water partition coefficient (Wildman–Crippen LogP) is 4.92. The molecule has 1 atom stereocenters. The van der Waals surface area contributed by atoms with Gasteiger partial charge in [0, 0.05) is 31.5 Å². The molecule has 0 aliphatic carbocycles. The van der Waals surface area contributed by atoms with Crippen molar-refractivity contribution in [1.29, 1.82) is 0 Å². The van der Waals surface area contributed by atoms with E-state index in [1.807, 2.05) is 12.1 Å². The first kappa shape index (κ1) is 22.7. The van der Waals surface area contributed by atoms with E-state index in [0.717, 1.165) is 18.5 Å². The fourth-order valence-corrected chi connectivity index (χ4v) is 3.31. The first-order chi connectivity index (χ1) is 15.0. The van der Waals surface area contributed by atoms with Crippen molar-refractivity contribution in [3.8, 4) is 0 Å². The first-order valence-corrected chi connectivity index (χ1v) is 10.9. The number of pyridine rings is 1. The Labute approximate surface area is 184 Å². The SMILES string of the molecule is CC[C@@H](C)N(Cc1ccc(C(C)C)cc1)Cc1nc(C(=O)NCc2cccnc2)co1. The monoisotopic (exact) mass is 420 g/mol. The molecule has 164 valence electrons. The Morgan fingerprint density at radius 2 is 1.87 bits per heavy atom. The lowest BCUT2D eigenvalue weighted by Crippen LogP contribution is -2.32. The molecule has 0 aliphatic heterocycles. The molecule has 3 aromatic rings. The number of aromatic nitrogens is 2. The number of rotatable bonds is 10. The molecule has 6 nitrogen and oxygen atoms in total. The predicted molar refractivity (Wildman–Crippen MR) is 121 cm³/mol. The topological polar surface area (TPSA) is 71.3 Å². The first-order valence-electron chi connectivity index (χ1n) is 10.9. The molecule has 2 aromatic heterocycles. The van der Waals surface area contributed by atoms with Crippen LogP contribution < -0.4 is 5.32 Å². The lowest BCUT2D eigenvalue weighted by Gasteiger charge is -2.27. The van der Waals surface area contributed by atoms with Crippen LogP contribution in [0.25, 0.3) is 0 Å². The molecular weight excluding hydrogens is 388 g/mol. The van der Waals surface area contributed by atoms with E-state index in [2.05, 4.69) is 72.1 Å². The number of carbonyl (C=O) groups is 1. The third-order valence-electron chi connectivity index (χ3n) is 5.54. The van der Waals surface area contributed by atoms with Crippen molar-refractivity contribution in [2.75, 3.05) is 0 Å². The molecule has 1 N–H and O–H groups in total. The summed E-state index contributed by atoms with van der Waals surface area (Å²) in [6.07, 6.45) is 5.88. The summed E-state index contributed by atoms with van der Waals surface area (Å²) in [6, 6.07) is 12.9. The van der Waals surface area contributed by atoms with Crippen LogP contribution in [0, 0.1) is 0 Å². The Morgan fingerprint density at radius 1 is 1.10 bits per heavy atom. The van der Waals surface area contributed by atoms with Crippen molar-refractivity contribution in [1.82, 2.24) is 20.2 Å². The van der Waals surface area contributed by atoms with Gasteiger partial charge >= 0.3 is 0 Å². The molecule has 0 radical (unpaired) electrons. The lowest BCUT2D eigenvalue weighted by molar-refractivity contribution is 0.0945. The van der Waals surface area contributed by atoms with Crippen LogP contribution in [-0.4, -0.2) is 26.8 Å². The van der Waals surface area contributed by atoms with Crippen LogP contribution >= 0.6 is 0 Å². The average molecular weight is 421 g/mol. The van der Waals surface area contributed by atoms with Crippen molar-refractivity contribution >= 4 is 5.91 Å². The zero-order chi connectivity index (χ0) is 22.2. The van der Waals surface area contributed by atoms with Crippen molar-refractivity contribution in [2.24, 2.45) is 0 Å². The van der Waals surface area contributed by atoms with E-state index in [0.29, 0.717) is 36.6 Å². The molecule has 1 amide bonds. The zero-order valence-corrected chi connectivity index (χ0v) is 18.8. The van der Waals surface area contributed by atoms with E-state index in [1.165, 1.54) is 17.4 Å². The number of amides is 1.